The fourth-order valence-corrected chi connectivity index (χ4v) is 2.65. The van der Waals surface area contributed by atoms with E-state index in [1.807, 2.05) is 6.20 Å². The lowest BCUT2D eigenvalue weighted by atomic mass is 10.2. The van der Waals surface area contributed by atoms with Crippen LogP contribution in [0.2, 0.25) is 0 Å². The van der Waals surface area contributed by atoms with Crippen molar-refractivity contribution < 1.29 is 18.7 Å². The van der Waals surface area contributed by atoms with Crippen LogP contribution in [0.5, 0.6) is 11.5 Å². The summed E-state index contributed by atoms with van der Waals surface area (Å²) in [4.78, 5) is 12.1. The molecule has 1 aromatic carbocycles. The Bertz CT molecular complexity index is 964. The summed E-state index contributed by atoms with van der Waals surface area (Å²) in [5, 5.41) is 8.08. The number of methoxy groups -OCH3 is 2. The van der Waals surface area contributed by atoms with E-state index in [9.17, 15) is 4.79 Å². The van der Waals surface area contributed by atoms with Gasteiger partial charge in [0.1, 0.15) is 5.76 Å². The van der Waals surface area contributed by atoms with Gasteiger partial charge in [-0.3, -0.25) is 9.48 Å². The first kappa shape index (κ1) is 18.7. The molecule has 9 heteroatoms. The fraction of sp³-hybridized carbons (Fsp3) is 0.167. The summed E-state index contributed by atoms with van der Waals surface area (Å²) in [6.07, 6.45) is 5.00. The third kappa shape index (κ3) is 4.76. The summed E-state index contributed by atoms with van der Waals surface area (Å²) >= 11 is 3.33. The molecule has 1 amide bonds. The van der Waals surface area contributed by atoms with Gasteiger partial charge in [-0.1, -0.05) is 0 Å². The molecule has 0 unspecified atom stereocenters. The predicted molar refractivity (Wildman–Crippen MR) is 102 cm³/mol. The highest BCUT2D eigenvalue weighted by molar-refractivity contribution is 9.10. The van der Waals surface area contributed by atoms with Crippen LogP contribution < -0.4 is 14.9 Å². The number of amides is 1. The van der Waals surface area contributed by atoms with Crippen LogP contribution in [0.4, 0.5) is 0 Å². The van der Waals surface area contributed by atoms with Gasteiger partial charge in [-0.25, -0.2) is 5.43 Å². The van der Waals surface area contributed by atoms with Crippen LogP contribution in [0.1, 0.15) is 21.9 Å². The van der Waals surface area contributed by atoms with Crippen LogP contribution in [0, 0.1) is 0 Å². The number of ether oxygens (including phenoxy) is 2. The highest BCUT2D eigenvalue weighted by Crippen LogP contribution is 2.26. The molecule has 8 nitrogen and oxygen atoms in total. The van der Waals surface area contributed by atoms with Gasteiger partial charge in [0.15, 0.2) is 17.3 Å². The first-order valence-corrected chi connectivity index (χ1v) is 8.70. The molecule has 0 fully saturated rings. The van der Waals surface area contributed by atoms with E-state index in [1.165, 1.54) is 6.21 Å². The molecule has 27 heavy (non-hydrogen) atoms. The molecule has 1 N–H and O–H groups in total. The van der Waals surface area contributed by atoms with Gasteiger partial charge in [-0.15, -0.1) is 0 Å². The number of aromatic nitrogens is 2. The molecule has 0 aliphatic carbocycles. The van der Waals surface area contributed by atoms with Crippen LogP contribution in [0.15, 0.2) is 56.7 Å². The number of nitrogens with one attached hydrogen (secondary N) is 1. The lowest BCUT2D eigenvalue weighted by Crippen LogP contribution is -2.16. The zero-order chi connectivity index (χ0) is 19.2. The minimum Gasteiger partial charge on any atom is -0.493 e. The van der Waals surface area contributed by atoms with Crippen molar-refractivity contribution in [2.45, 2.75) is 6.54 Å². The van der Waals surface area contributed by atoms with Gasteiger partial charge < -0.3 is 13.9 Å². The van der Waals surface area contributed by atoms with Crippen molar-refractivity contribution in [2.75, 3.05) is 14.2 Å². The van der Waals surface area contributed by atoms with E-state index in [2.05, 4.69) is 31.6 Å². The normalized spacial score (nSPS) is 10.9. The van der Waals surface area contributed by atoms with Gasteiger partial charge in [0.05, 0.1) is 37.6 Å². The minimum atomic E-state index is -0.445. The second-order valence-corrected chi connectivity index (χ2v) is 6.35. The fourth-order valence-electron chi connectivity index (χ4n) is 2.32. The van der Waals surface area contributed by atoms with Crippen molar-refractivity contribution in [2.24, 2.45) is 5.10 Å². The number of rotatable bonds is 7. The van der Waals surface area contributed by atoms with Gasteiger partial charge in [0, 0.05) is 6.20 Å². The Morgan fingerprint density at radius 2 is 2.11 bits per heavy atom. The van der Waals surface area contributed by atoms with E-state index in [1.54, 1.807) is 55.4 Å². The summed E-state index contributed by atoms with van der Waals surface area (Å²) in [5.74, 6) is 1.53. The maximum absolute atomic E-state index is 12.1. The molecule has 0 aliphatic rings. The number of hydrogen-bond donors (Lipinski definition) is 1. The van der Waals surface area contributed by atoms with Gasteiger partial charge in [0.2, 0.25) is 0 Å². The largest absolute Gasteiger partial charge is 0.493 e. The Hall–Kier alpha value is -3.07. The molecule has 0 radical (unpaired) electrons. The molecule has 0 spiro atoms. The lowest BCUT2D eigenvalue weighted by Gasteiger charge is -2.07. The standard InChI is InChI=1S/C18H17BrN4O4/c1-25-15-5-3-12(7-17(15)26-2)8-20-22-18(24)16-6-4-14(27-16)11-23-10-13(19)9-21-23/h3-10H,11H2,1-2H3,(H,22,24). The first-order valence-electron chi connectivity index (χ1n) is 7.91. The highest BCUT2D eigenvalue weighted by atomic mass is 79.9. The van der Waals surface area contributed by atoms with Crippen molar-refractivity contribution in [3.05, 3.63) is 64.3 Å². The monoisotopic (exact) mass is 432 g/mol. The molecule has 0 atom stereocenters. The van der Waals surface area contributed by atoms with Gasteiger partial charge >= 0.3 is 5.91 Å². The highest BCUT2D eigenvalue weighted by Gasteiger charge is 2.11. The maximum Gasteiger partial charge on any atom is 0.307 e. The maximum atomic E-state index is 12.1. The van der Waals surface area contributed by atoms with Gasteiger partial charge in [-0.2, -0.15) is 10.2 Å². The molecule has 0 aliphatic heterocycles. The summed E-state index contributed by atoms with van der Waals surface area (Å²) in [7, 11) is 3.12. The Morgan fingerprint density at radius 1 is 1.30 bits per heavy atom. The second-order valence-electron chi connectivity index (χ2n) is 5.44. The third-order valence-electron chi connectivity index (χ3n) is 3.59. The molecule has 3 rings (SSSR count). The Balaban J connectivity index is 1.60. The van der Waals surface area contributed by atoms with Crippen LogP contribution in [0.3, 0.4) is 0 Å². The number of benzene rings is 1. The summed E-state index contributed by atoms with van der Waals surface area (Å²) in [6.45, 7) is 0.424. The topological polar surface area (TPSA) is 90.9 Å². The molecule has 3 aromatic rings. The van der Waals surface area contributed by atoms with Crippen molar-refractivity contribution in [3.63, 3.8) is 0 Å². The zero-order valence-electron chi connectivity index (χ0n) is 14.7. The number of furan rings is 1. The Labute approximate surface area is 163 Å². The summed E-state index contributed by atoms with van der Waals surface area (Å²) in [6, 6.07) is 8.62. The van der Waals surface area contributed by atoms with E-state index in [4.69, 9.17) is 13.9 Å². The van der Waals surface area contributed by atoms with E-state index in [0.29, 0.717) is 23.8 Å². The van der Waals surface area contributed by atoms with Crippen LogP contribution >= 0.6 is 15.9 Å². The SMILES string of the molecule is COc1ccc(C=NNC(=O)c2ccc(Cn3cc(Br)cn3)o2)cc1OC. The molecule has 140 valence electrons. The van der Waals surface area contributed by atoms with Crippen molar-refractivity contribution in [1.82, 2.24) is 15.2 Å². The molecule has 0 saturated heterocycles. The number of carbonyl (C=O) groups is 1. The number of hydrogen-bond acceptors (Lipinski definition) is 6. The van der Waals surface area contributed by atoms with E-state index in [-0.39, 0.29) is 5.76 Å². The average Bonchev–Trinajstić information content (AvgIpc) is 3.30. The van der Waals surface area contributed by atoms with Gasteiger partial charge in [0.25, 0.3) is 0 Å². The first-order chi connectivity index (χ1) is 13.1. The van der Waals surface area contributed by atoms with Crippen molar-refractivity contribution in [3.8, 4) is 11.5 Å². The number of carbonyl (C=O) groups excluding carboxylic acids is 1. The van der Waals surface area contributed by atoms with Crippen molar-refractivity contribution in [1.29, 1.82) is 0 Å². The molecule has 0 bridgehead atoms. The van der Waals surface area contributed by atoms with Crippen LogP contribution in [-0.4, -0.2) is 36.1 Å². The minimum absolute atomic E-state index is 0.167. The molecule has 2 heterocycles. The quantitative estimate of drug-likeness (QED) is 0.457. The third-order valence-corrected chi connectivity index (χ3v) is 4.00. The Kier molecular flexibility index (Phi) is 5.92. The molecular weight excluding hydrogens is 416 g/mol. The molecule has 2 aromatic heterocycles. The molecule has 0 saturated carbocycles. The van der Waals surface area contributed by atoms with Crippen LogP contribution in [0.25, 0.3) is 0 Å². The average molecular weight is 433 g/mol. The smallest absolute Gasteiger partial charge is 0.307 e. The second kappa shape index (κ2) is 8.54. The van der Waals surface area contributed by atoms with Crippen molar-refractivity contribution >= 4 is 28.1 Å². The summed E-state index contributed by atoms with van der Waals surface area (Å²) < 4.78 is 18.5. The predicted octanol–water partition coefficient (Wildman–Crippen LogP) is 3.07. The summed E-state index contributed by atoms with van der Waals surface area (Å²) in [5.41, 5.74) is 3.18. The lowest BCUT2D eigenvalue weighted by molar-refractivity contribution is 0.0925. The van der Waals surface area contributed by atoms with E-state index in [0.717, 1.165) is 10.0 Å². The number of halogens is 1. The number of hydrazone groups is 1. The van der Waals surface area contributed by atoms with E-state index >= 15 is 0 Å². The van der Waals surface area contributed by atoms with Gasteiger partial charge in [-0.05, 0) is 51.8 Å². The van der Waals surface area contributed by atoms with Crippen LogP contribution in [-0.2, 0) is 6.54 Å². The zero-order valence-corrected chi connectivity index (χ0v) is 16.3. The van der Waals surface area contributed by atoms with E-state index < -0.39 is 5.91 Å². The number of nitrogens with zero attached hydrogens (tertiary/aromatic N) is 3. The molecular formula is C18H17BrN4O4. The Morgan fingerprint density at radius 3 is 2.81 bits per heavy atom.